The predicted molar refractivity (Wildman–Crippen MR) is 70.6 cm³/mol. The number of hydrogen-bond acceptors (Lipinski definition) is 5. The first-order chi connectivity index (χ1) is 8.60. The number of nitrogens with zero attached hydrogens (tertiary/aromatic N) is 3. The lowest BCUT2D eigenvalue weighted by Crippen LogP contribution is -2.28. The van der Waals surface area contributed by atoms with Crippen molar-refractivity contribution < 1.29 is 4.52 Å². The van der Waals surface area contributed by atoms with Crippen LogP contribution in [0.4, 0.5) is 0 Å². The highest BCUT2D eigenvalue weighted by atomic mass is 16.5. The first kappa shape index (κ1) is 13.5. The molecule has 0 radical (unpaired) electrons. The molecule has 2 rings (SSSR count). The second kappa shape index (κ2) is 5.80. The van der Waals surface area contributed by atoms with E-state index in [2.05, 4.69) is 41.1 Å². The lowest BCUT2D eigenvalue weighted by atomic mass is 10.1. The molecule has 1 saturated heterocycles. The van der Waals surface area contributed by atoms with Gasteiger partial charge in [0.1, 0.15) is 0 Å². The highest BCUT2D eigenvalue weighted by molar-refractivity contribution is 5.01. The first-order valence-corrected chi connectivity index (χ1v) is 6.84. The Labute approximate surface area is 109 Å². The van der Waals surface area contributed by atoms with Gasteiger partial charge in [-0.05, 0) is 40.8 Å². The largest absolute Gasteiger partial charge is 0.339 e. The van der Waals surface area contributed by atoms with Crippen molar-refractivity contribution in [3.05, 3.63) is 11.7 Å². The highest BCUT2D eigenvalue weighted by Crippen LogP contribution is 2.26. The molecule has 2 atom stereocenters. The van der Waals surface area contributed by atoms with Crippen molar-refractivity contribution in [2.24, 2.45) is 0 Å². The number of nitrogens with one attached hydrogen (secondary N) is 1. The molecule has 1 aromatic heterocycles. The van der Waals surface area contributed by atoms with Gasteiger partial charge in [0.15, 0.2) is 5.82 Å². The van der Waals surface area contributed by atoms with Crippen LogP contribution in [-0.4, -0.2) is 47.3 Å². The minimum atomic E-state index is 0.369. The van der Waals surface area contributed by atoms with Crippen LogP contribution >= 0.6 is 0 Å². The molecule has 2 unspecified atom stereocenters. The van der Waals surface area contributed by atoms with Crippen molar-refractivity contribution in [3.8, 4) is 0 Å². The number of likely N-dealkylation sites (tertiary alicyclic amines) is 1. The molecule has 0 bridgehead atoms. The van der Waals surface area contributed by atoms with Gasteiger partial charge in [0.2, 0.25) is 5.89 Å². The third-order valence-electron chi connectivity index (χ3n) is 3.77. The molecule has 2 heterocycles. The van der Waals surface area contributed by atoms with Crippen LogP contribution in [0.2, 0.25) is 0 Å². The van der Waals surface area contributed by atoms with Gasteiger partial charge in [0.05, 0.1) is 0 Å². The summed E-state index contributed by atoms with van der Waals surface area (Å²) in [4.78, 5) is 7.00. The molecule has 5 heteroatoms. The van der Waals surface area contributed by atoms with Crippen LogP contribution in [0.5, 0.6) is 0 Å². The van der Waals surface area contributed by atoms with Crippen LogP contribution in [0.15, 0.2) is 4.52 Å². The summed E-state index contributed by atoms with van der Waals surface area (Å²) in [6, 6.07) is 0.972. The zero-order chi connectivity index (χ0) is 13.1. The Hall–Kier alpha value is -0.940. The van der Waals surface area contributed by atoms with Crippen molar-refractivity contribution in [2.75, 3.05) is 20.1 Å². The molecule has 1 aliphatic rings. The van der Waals surface area contributed by atoms with E-state index in [4.69, 9.17) is 4.52 Å². The van der Waals surface area contributed by atoms with Gasteiger partial charge >= 0.3 is 0 Å². The Balaban J connectivity index is 1.94. The molecule has 1 N–H and O–H groups in total. The van der Waals surface area contributed by atoms with Gasteiger partial charge in [-0.1, -0.05) is 5.16 Å². The molecule has 1 aliphatic heterocycles. The average molecular weight is 252 g/mol. The summed E-state index contributed by atoms with van der Waals surface area (Å²) in [7, 11) is 1.94. The lowest BCUT2D eigenvalue weighted by Gasteiger charge is -2.19. The van der Waals surface area contributed by atoms with E-state index in [0.29, 0.717) is 18.0 Å². The third kappa shape index (κ3) is 3.09. The average Bonchev–Trinajstić information content (AvgIpc) is 2.96. The van der Waals surface area contributed by atoms with Crippen LogP contribution in [-0.2, 0) is 6.42 Å². The van der Waals surface area contributed by atoms with Crippen molar-refractivity contribution >= 4 is 0 Å². The summed E-state index contributed by atoms with van der Waals surface area (Å²) in [6.45, 7) is 8.77. The Morgan fingerprint density at radius 1 is 1.44 bits per heavy atom. The summed E-state index contributed by atoms with van der Waals surface area (Å²) >= 11 is 0. The summed E-state index contributed by atoms with van der Waals surface area (Å²) < 4.78 is 5.33. The number of rotatable bonds is 5. The van der Waals surface area contributed by atoms with Crippen LogP contribution in [0.1, 0.15) is 44.8 Å². The molecule has 0 saturated carbocycles. The van der Waals surface area contributed by atoms with E-state index in [-0.39, 0.29) is 0 Å². The topological polar surface area (TPSA) is 54.2 Å². The van der Waals surface area contributed by atoms with Crippen molar-refractivity contribution in [1.29, 1.82) is 0 Å². The minimum Gasteiger partial charge on any atom is -0.339 e. The van der Waals surface area contributed by atoms with Crippen LogP contribution in [0.25, 0.3) is 0 Å². The van der Waals surface area contributed by atoms with E-state index in [1.807, 2.05) is 7.05 Å². The lowest BCUT2D eigenvalue weighted by molar-refractivity contribution is 0.271. The fraction of sp³-hybridized carbons (Fsp3) is 0.846. The fourth-order valence-electron chi connectivity index (χ4n) is 2.35. The van der Waals surface area contributed by atoms with Crippen LogP contribution in [0, 0.1) is 0 Å². The van der Waals surface area contributed by atoms with Gasteiger partial charge < -0.3 is 14.7 Å². The normalized spacial score (nSPS) is 22.8. The van der Waals surface area contributed by atoms with Gasteiger partial charge in [-0.3, -0.25) is 0 Å². The zero-order valence-electron chi connectivity index (χ0n) is 11.8. The van der Waals surface area contributed by atoms with Gasteiger partial charge in [0, 0.05) is 31.0 Å². The molecule has 0 spiro atoms. The number of aromatic nitrogens is 2. The zero-order valence-corrected chi connectivity index (χ0v) is 11.8. The van der Waals surface area contributed by atoms with Crippen molar-refractivity contribution in [2.45, 2.75) is 51.6 Å². The first-order valence-electron chi connectivity index (χ1n) is 6.84. The molecular formula is C13H24N4O. The molecule has 0 aromatic carbocycles. The molecule has 5 nitrogen and oxygen atoms in total. The van der Waals surface area contributed by atoms with E-state index in [0.717, 1.165) is 37.6 Å². The molecule has 1 fully saturated rings. The van der Waals surface area contributed by atoms with Gasteiger partial charge in [-0.2, -0.15) is 4.98 Å². The number of likely N-dealkylation sites (N-methyl/N-ethyl adjacent to an activating group) is 1. The smallest absolute Gasteiger partial charge is 0.228 e. The maximum Gasteiger partial charge on any atom is 0.228 e. The van der Waals surface area contributed by atoms with E-state index in [9.17, 15) is 0 Å². The van der Waals surface area contributed by atoms with Crippen molar-refractivity contribution in [3.63, 3.8) is 0 Å². The Bertz CT molecular complexity index is 377. The Kier molecular flexibility index (Phi) is 4.35. The van der Waals surface area contributed by atoms with E-state index >= 15 is 0 Å². The Morgan fingerprint density at radius 2 is 2.22 bits per heavy atom. The Morgan fingerprint density at radius 3 is 2.83 bits per heavy atom. The fourth-order valence-corrected chi connectivity index (χ4v) is 2.35. The molecule has 18 heavy (non-hydrogen) atoms. The van der Waals surface area contributed by atoms with Crippen LogP contribution < -0.4 is 5.32 Å². The summed E-state index contributed by atoms with van der Waals surface area (Å²) in [5.74, 6) is 2.07. The van der Waals surface area contributed by atoms with Gasteiger partial charge in [-0.25, -0.2) is 0 Å². The quantitative estimate of drug-likeness (QED) is 0.859. The van der Waals surface area contributed by atoms with E-state index in [1.54, 1.807) is 0 Å². The predicted octanol–water partition coefficient (Wildman–Crippen LogP) is 1.42. The standard InChI is InChI=1S/C13H24N4O/c1-9(2)17-6-5-11(8-17)13-15-12(18-16-13)7-10(3)14-4/h9-11,14H,5-8H2,1-4H3. The third-order valence-corrected chi connectivity index (χ3v) is 3.77. The number of hydrogen-bond donors (Lipinski definition) is 1. The maximum absolute atomic E-state index is 5.33. The van der Waals surface area contributed by atoms with Gasteiger partial charge in [0.25, 0.3) is 0 Å². The molecule has 0 aliphatic carbocycles. The molecule has 1 aromatic rings. The molecular weight excluding hydrogens is 228 g/mol. The van der Waals surface area contributed by atoms with Crippen molar-refractivity contribution in [1.82, 2.24) is 20.4 Å². The summed E-state index contributed by atoms with van der Waals surface area (Å²) in [5.41, 5.74) is 0. The SMILES string of the molecule is CNC(C)Cc1nc(C2CCN(C(C)C)C2)no1. The second-order valence-corrected chi connectivity index (χ2v) is 5.51. The monoisotopic (exact) mass is 252 g/mol. The second-order valence-electron chi connectivity index (χ2n) is 5.51. The highest BCUT2D eigenvalue weighted by Gasteiger charge is 2.28. The van der Waals surface area contributed by atoms with E-state index < -0.39 is 0 Å². The molecule has 102 valence electrons. The van der Waals surface area contributed by atoms with E-state index in [1.165, 1.54) is 0 Å². The summed E-state index contributed by atoms with van der Waals surface area (Å²) in [5, 5.41) is 7.32. The summed E-state index contributed by atoms with van der Waals surface area (Å²) in [6.07, 6.45) is 1.93. The van der Waals surface area contributed by atoms with Crippen LogP contribution in [0.3, 0.4) is 0 Å². The maximum atomic E-state index is 5.33. The van der Waals surface area contributed by atoms with Gasteiger partial charge in [-0.15, -0.1) is 0 Å². The molecule has 0 amide bonds. The minimum absolute atomic E-state index is 0.369.